The van der Waals surface area contributed by atoms with E-state index in [1.807, 2.05) is 6.07 Å². The molecule has 2 aliphatic heterocycles. The van der Waals surface area contributed by atoms with Gasteiger partial charge >= 0.3 is 6.03 Å². The third-order valence-corrected chi connectivity index (χ3v) is 7.83. The monoisotopic (exact) mass is 533 g/mol. The molecule has 0 bridgehead atoms. The van der Waals surface area contributed by atoms with Crippen molar-refractivity contribution in [1.29, 1.82) is 0 Å². The number of hydrogen-bond donors (Lipinski definition) is 2. The summed E-state index contributed by atoms with van der Waals surface area (Å²) in [6, 6.07) is 8.00. The Morgan fingerprint density at radius 2 is 2.00 bits per heavy atom. The molecule has 2 N–H and O–H groups in total. The average Bonchev–Trinajstić information content (AvgIpc) is 3.83. The maximum Gasteiger partial charge on any atom is 0.326 e. The lowest BCUT2D eigenvalue weighted by Crippen LogP contribution is -2.40. The van der Waals surface area contributed by atoms with E-state index < -0.39 is 11.9 Å². The molecule has 4 heterocycles. The summed E-state index contributed by atoms with van der Waals surface area (Å²) < 4.78 is 20.5. The molecule has 2 aliphatic carbocycles. The highest BCUT2D eigenvalue weighted by molar-refractivity contribution is 6.34. The number of urea groups is 1. The first-order valence-electron chi connectivity index (χ1n) is 13.0. The number of benzene rings is 1. The number of ether oxygens (including phenoxy) is 1. The van der Waals surface area contributed by atoms with Crippen LogP contribution in [0.15, 0.2) is 36.5 Å². The summed E-state index contributed by atoms with van der Waals surface area (Å²) >= 11 is 6.68. The maximum absolute atomic E-state index is 14.4. The first-order chi connectivity index (χ1) is 18.4. The van der Waals surface area contributed by atoms with Crippen molar-refractivity contribution in [1.82, 2.24) is 15.3 Å². The van der Waals surface area contributed by atoms with Crippen molar-refractivity contribution in [3.63, 3.8) is 0 Å². The number of nitrogens with zero attached hydrogens (tertiary/aromatic N) is 3. The number of rotatable bonds is 5. The molecule has 2 fully saturated rings. The summed E-state index contributed by atoms with van der Waals surface area (Å²) in [6.45, 7) is 0.265. The number of amides is 3. The van der Waals surface area contributed by atoms with Gasteiger partial charge in [-0.15, -0.1) is 0 Å². The number of carbonyl (C=O) groups excluding carboxylic acids is 2. The minimum absolute atomic E-state index is 0.206. The van der Waals surface area contributed by atoms with Crippen molar-refractivity contribution >= 4 is 34.9 Å². The second-order valence-electron chi connectivity index (χ2n) is 10.4. The summed E-state index contributed by atoms with van der Waals surface area (Å²) in [5, 5.41) is 6.36. The zero-order valence-electron chi connectivity index (χ0n) is 20.5. The van der Waals surface area contributed by atoms with E-state index in [0.717, 1.165) is 42.5 Å². The Balaban J connectivity index is 1.21. The first kappa shape index (κ1) is 23.4. The molecule has 4 aliphatic rings. The van der Waals surface area contributed by atoms with E-state index in [1.165, 1.54) is 6.07 Å². The minimum Gasteiger partial charge on any atom is -0.484 e. The maximum atomic E-state index is 14.4. The Kier molecular flexibility index (Phi) is 5.51. The van der Waals surface area contributed by atoms with Crippen LogP contribution in [0.2, 0.25) is 5.02 Å². The van der Waals surface area contributed by atoms with E-state index in [1.54, 1.807) is 29.3 Å². The van der Waals surface area contributed by atoms with Gasteiger partial charge in [-0.05, 0) is 68.4 Å². The van der Waals surface area contributed by atoms with E-state index in [0.29, 0.717) is 40.7 Å². The highest BCUT2D eigenvalue weighted by Crippen LogP contribution is 2.46. The molecule has 0 spiro atoms. The number of halogens is 2. The van der Waals surface area contributed by atoms with Gasteiger partial charge in [-0.25, -0.2) is 14.2 Å². The zero-order chi connectivity index (χ0) is 26.0. The number of pyridine rings is 2. The van der Waals surface area contributed by atoms with Crippen LogP contribution in [-0.4, -0.2) is 27.9 Å². The topological polar surface area (TPSA) is 96.5 Å². The molecule has 194 valence electrons. The third-order valence-electron chi connectivity index (χ3n) is 7.53. The lowest BCUT2D eigenvalue weighted by atomic mass is 9.98. The number of carbonyl (C=O) groups is 2. The largest absolute Gasteiger partial charge is 0.484 e. The van der Waals surface area contributed by atoms with Gasteiger partial charge in [-0.2, -0.15) is 0 Å². The smallest absolute Gasteiger partial charge is 0.326 e. The Bertz CT molecular complexity index is 1490. The lowest BCUT2D eigenvalue weighted by molar-refractivity contribution is 0.0945. The molecule has 1 unspecified atom stereocenters. The SMILES string of the molecule is O=C(NC1CC1)c1cc2c(c(C3CC3)n1)CN(c1cc3c(cc1Cl)CCC(c1ncccc1F)O3)C(=O)N2. The molecule has 2 aromatic heterocycles. The molecule has 38 heavy (non-hydrogen) atoms. The zero-order valence-corrected chi connectivity index (χ0v) is 21.2. The predicted molar refractivity (Wildman–Crippen MR) is 139 cm³/mol. The lowest BCUT2D eigenvalue weighted by Gasteiger charge is -2.33. The van der Waals surface area contributed by atoms with Crippen LogP contribution in [0.5, 0.6) is 5.75 Å². The predicted octanol–water partition coefficient (Wildman–Crippen LogP) is 5.66. The van der Waals surface area contributed by atoms with E-state index in [-0.39, 0.29) is 36.1 Å². The van der Waals surface area contributed by atoms with Crippen LogP contribution < -0.4 is 20.3 Å². The fraction of sp³-hybridized carbons (Fsp3) is 0.357. The van der Waals surface area contributed by atoms with Crippen molar-refractivity contribution in [2.75, 3.05) is 10.2 Å². The first-order valence-corrected chi connectivity index (χ1v) is 13.3. The van der Waals surface area contributed by atoms with Crippen molar-refractivity contribution in [2.45, 2.75) is 63.1 Å². The Morgan fingerprint density at radius 1 is 1.16 bits per heavy atom. The summed E-state index contributed by atoms with van der Waals surface area (Å²) in [4.78, 5) is 36.5. The van der Waals surface area contributed by atoms with Crippen LogP contribution in [0.1, 0.15) is 77.1 Å². The quantitative estimate of drug-likeness (QED) is 0.441. The van der Waals surface area contributed by atoms with Crippen LogP contribution >= 0.6 is 11.6 Å². The molecule has 8 nitrogen and oxygen atoms in total. The number of fused-ring (bicyclic) bond motifs is 2. The molecule has 3 aromatic rings. The van der Waals surface area contributed by atoms with Gasteiger partial charge in [0.2, 0.25) is 0 Å². The van der Waals surface area contributed by atoms with E-state index >= 15 is 0 Å². The third kappa shape index (κ3) is 4.24. The van der Waals surface area contributed by atoms with Crippen LogP contribution in [0, 0.1) is 5.82 Å². The Hall–Kier alpha value is -3.72. The van der Waals surface area contributed by atoms with Gasteiger partial charge in [-0.1, -0.05) is 11.6 Å². The molecule has 7 rings (SSSR count). The van der Waals surface area contributed by atoms with E-state index in [9.17, 15) is 14.0 Å². The van der Waals surface area contributed by atoms with Gasteiger partial charge in [0.15, 0.2) is 0 Å². The summed E-state index contributed by atoms with van der Waals surface area (Å²) in [5.41, 5.74) is 4.34. The van der Waals surface area contributed by atoms with Crippen molar-refractivity contribution < 1.29 is 18.7 Å². The number of aromatic nitrogens is 2. The average molecular weight is 534 g/mol. The highest BCUT2D eigenvalue weighted by atomic mass is 35.5. The number of nitrogens with one attached hydrogen (secondary N) is 2. The molecule has 1 aromatic carbocycles. The molecule has 1 atom stereocenters. The van der Waals surface area contributed by atoms with E-state index in [2.05, 4.69) is 15.6 Å². The Labute approximate surface area is 223 Å². The second kappa shape index (κ2) is 8.94. The van der Waals surface area contributed by atoms with Gasteiger partial charge < -0.3 is 15.4 Å². The fourth-order valence-corrected chi connectivity index (χ4v) is 5.48. The summed E-state index contributed by atoms with van der Waals surface area (Å²) in [6.07, 6.45) is 6.21. The van der Waals surface area contributed by atoms with Gasteiger partial charge in [0.25, 0.3) is 5.91 Å². The van der Waals surface area contributed by atoms with Crippen LogP contribution in [0.3, 0.4) is 0 Å². The van der Waals surface area contributed by atoms with Gasteiger partial charge in [0.1, 0.15) is 29.1 Å². The second-order valence-corrected chi connectivity index (χ2v) is 10.8. The molecule has 10 heteroatoms. The van der Waals surface area contributed by atoms with Gasteiger partial charge in [0, 0.05) is 29.8 Å². The van der Waals surface area contributed by atoms with Crippen LogP contribution in [0.4, 0.5) is 20.6 Å². The molecule has 0 saturated heterocycles. The summed E-state index contributed by atoms with van der Waals surface area (Å²) in [5.74, 6) is 0.206. The number of anilines is 2. The number of aryl methyl sites for hydroxylation is 1. The molecular formula is C28H25ClFN5O3. The van der Waals surface area contributed by atoms with Crippen molar-refractivity contribution in [3.8, 4) is 5.75 Å². The van der Waals surface area contributed by atoms with Crippen molar-refractivity contribution in [2.24, 2.45) is 0 Å². The molecule has 3 amide bonds. The highest BCUT2D eigenvalue weighted by Gasteiger charge is 2.36. The van der Waals surface area contributed by atoms with Gasteiger partial charge in [0.05, 0.1) is 28.6 Å². The normalized spacial score (nSPS) is 20.2. The standard InChI is InChI=1S/C28H25ClFN5O3/c29-18-10-15-5-8-23(26-19(30)2-1-9-31-26)38-24(15)12-22(18)35-13-17-20(34-28(35)37)11-21(27(36)32-16-6-7-16)33-25(17)14-3-4-14/h1-2,9-12,14,16,23H,3-8,13H2,(H,32,36)(H,34,37). The molecule has 2 saturated carbocycles. The molecule has 0 radical (unpaired) electrons. The van der Waals surface area contributed by atoms with E-state index in [4.69, 9.17) is 21.3 Å². The fourth-order valence-electron chi connectivity index (χ4n) is 5.20. The van der Waals surface area contributed by atoms with Crippen LogP contribution in [0.25, 0.3) is 0 Å². The van der Waals surface area contributed by atoms with Crippen molar-refractivity contribution in [3.05, 3.63) is 75.6 Å². The minimum atomic E-state index is -0.528. The van der Waals surface area contributed by atoms with Gasteiger partial charge in [-0.3, -0.25) is 14.7 Å². The van der Waals surface area contributed by atoms with Crippen LogP contribution in [-0.2, 0) is 13.0 Å². The number of hydrogen-bond acceptors (Lipinski definition) is 5. The molecular weight excluding hydrogens is 509 g/mol. The summed E-state index contributed by atoms with van der Waals surface area (Å²) in [7, 11) is 0. The Morgan fingerprint density at radius 3 is 2.76 bits per heavy atom.